The first-order valence-corrected chi connectivity index (χ1v) is 7.62. The fraction of sp³-hybridized carbons (Fsp3) is 0.500. The predicted octanol–water partition coefficient (Wildman–Crippen LogP) is 1.37. The Morgan fingerprint density at radius 3 is 2.53 bits per heavy atom. The number of rotatable bonds is 3. The van der Waals surface area contributed by atoms with E-state index < -0.39 is 10.0 Å². The van der Waals surface area contributed by atoms with Gasteiger partial charge in [-0.05, 0) is 30.7 Å². The zero-order chi connectivity index (χ0) is 13.0. The van der Waals surface area contributed by atoms with Crippen molar-refractivity contribution in [1.82, 2.24) is 9.62 Å². The first-order valence-electron chi connectivity index (χ1n) is 6.01. The largest absolute Gasteiger partial charge is 0.315 e. The number of hydrogen-bond acceptors (Lipinski definition) is 3. The van der Waals surface area contributed by atoms with Gasteiger partial charge in [0.15, 0.2) is 0 Å². The highest BCUT2D eigenvalue weighted by atomic mass is 35.5. The zero-order valence-electron chi connectivity index (χ0n) is 10.5. The molecule has 1 saturated heterocycles. The Balaban J connectivity index is 0.00000180. The minimum atomic E-state index is -3.30. The number of halogens is 2. The Morgan fingerprint density at radius 1 is 1.16 bits per heavy atom. The molecule has 1 N–H and O–H groups in total. The monoisotopic (exact) mass is 308 g/mol. The second kappa shape index (κ2) is 7.19. The van der Waals surface area contributed by atoms with Crippen molar-refractivity contribution in [3.05, 3.63) is 35.6 Å². The van der Waals surface area contributed by atoms with E-state index in [0.717, 1.165) is 13.0 Å². The van der Waals surface area contributed by atoms with Crippen LogP contribution in [0, 0.1) is 5.82 Å². The molecule has 108 valence electrons. The molecular weight excluding hydrogens is 291 g/mol. The zero-order valence-corrected chi connectivity index (χ0v) is 12.1. The van der Waals surface area contributed by atoms with Crippen LogP contribution in [0.4, 0.5) is 4.39 Å². The van der Waals surface area contributed by atoms with Crippen LogP contribution >= 0.6 is 12.4 Å². The van der Waals surface area contributed by atoms with Gasteiger partial charge < -0.3 is 5.32 Å². The highest BCUT2D eigenvalue weighted by Gasteiger charge is 2.23. The van der Waals surface area contributed by atoms with E-state index in [2.05, 4.69) is 5.32 Å². The van der Waals surface area contributed by atoms with Crippen molar-refractivity contribution in [2.75, 3.05) is 26.2 Å². The minimum absolute atomic E-state index is 0. The molecule has 2 rings (SSSR count). The Labute approximate surface area is 119 Å². The summed E-state index contributed by atoms with van der Waals surface area (Å²) in [5.74, 6) is -0.414. The van der Waals surface area contributed by atoms with E-state index in [1.807, 2.05) is 0 Å². The Hall–Kier alpha value is -0.690. The van der Waals surface area contributed by atoms with Gasteiger partial charge in [-0.25, -0.2) is 17.1 Å². The molecule has 0 aliphatic carbocycles. The average Bonchev–Trinajstić information content (AvgIpc) is 2.61. The predicted molar refractivity (Wildman–Crippen MR) is 75.3 cm³/mol. The molecule has 1 aliphatic heterocycles. The molecule has 0 radical (unpaired) electrons. The molecule has 1 aromatic rings. The van der Waals surface area contributed by atoms with Gasteiger partial charge >= 0.3 is 0 Å². The van der Waals surface area contributed by atoms with Crippen molar-refractivity contribution in [3.63, 3.8) is 0 Å². The molecule has 1 aliphatic rings. The Bertz CT molecular complexity index is 485. The molecule has 0 saturated carbocycles. The highest BCUT2D eigenvalue weighted by Crippen LogP contribution is 2.12. The van der Waals surface area contributed by atoms with Crippen molar-refractivity contribution >= 4 is 22.4 Å². The highest BCUT2D eigenvalue weighted by molar-refractivity contribution is 7.88. The van der Waals surface area contributed by atoms with Gasteiger partial charge in [0.25, 0.3) is 0 Å². The van der Waals surface area contributed by atoms with Gasteiger partial charge in [-0.15, -0.1) is 12.4 Å². The summed E-state index contributed by atoms with van der Waals surface area (Å²) >= 11 is 0. The van der Waals surface area contributed by atoms with Gasteiger partial charge in [-0.2, -0.15) is 0 Å². The summed E-state index contributed by atoms with van der Waals surface area (Å²) in [5, 5.41) is 3.16. The average molecular weight is 309 g/mol. The smallest absolute Gasteiger partial charge is 0.218 e. The molecular formula is C12H18ClFN2O2S. The van der Waals surface area contributed by atoms with Crippen LogP contribution in [0.15, 0.2) is 24.3 Å². The summed E-state index contributed by atoms with van der Waals surface area (Å²) < 4.78 is 38.7. The van der Waals surface area contributed by atoms with Crippen LogP contribution in [0.25, 0.3) is 0 Å². The standard InChI is InChI=1S/C12H17FN2O2S.ClH/c13-12-4-2-11(3-5-12)10-18(16,17)15-8-1-6-14-7-9-15;/h2-5,14H,1,6-10H2;1H. The van der Waals surface area contributed by atoms with Crippen molar-refractivity contribution in [3.8, 4) is 0 Å². The van der Waals surface area contributed by atoms with Crippen molar-refractivity contribution < 1.29 is 12.8 Å². The number of benzene rings is 1. The topological polar surface area (TPSA) is 49.4 Å². The molecule has 1 fully saturated rings. The van der Waals surface area contributed by atoms with Crippen LogP contribution in [-0.2, 0) is 15.8 Å². The van der Waals surface area contributed by atoms with E-state index in [-0.39, 0.29) is 24.0 Å². The Kier molecular flexibility index (Phi) is 6.19. The molecule has 1 aromatic carbocycles. The summed E-state index contributed by atoms with van der Waals surface area (Å²) in [5.41, 5.74) is 0.619. The lowest BCUT2D eigenvalue weighted by Gasteiger charge is -2.19. The molecule has 7 heteroatoms. The molecule has 0 atom stereocenters. The summed E-state index contributed by atoms with van der Waals surface area (Å²) in [6.07, 6.45) is 0.822. The van der Waals surface area contributed by atoms with Crippen LogP contribution in [-0.4, -0.2) is 38.9 Å². The number of nitrogens with zero attached hydrogens (tertiary/aromatic N) is 1. The van der Waals surface area contributed by atoms with Gasteiger partial charge in [-0.3, -0.25) is 0 Å². The molecule has 0 aromatic heterocycles. The van der Waals surface area contributed by atoms with E-state index in [9.17, 15) is 12.8 Å². The lowest BCUT2D eigenvalue weighted by Crippen LogP contribution is -2.35. The van der Waals surface area contributed by atoms with Crippen LogP contribution in [0.2, 0.25) is 0 Å². The maximum atomic E-state index is 12.8. The van der Waals surface area contributed by atoms with Crippen LogP contribution in [0.3, 0.4) is 0 Å². The summed E-state index contributed by atoms with van der Waals surface area (Å²) in [4.78, 5) is 0. The normalized spacial score (nSPS) is 17.5. The molecule has 0 spiro atoms. The van der Waals surface area contributed by atoms with Crippen molar-refractivity contribution in [2.24, 2.45) is 0 Å². The lowest BCUT2D eigenvalue weighted by molar-refractivity contribution is 0.431. The van der Waals surface area contributed by atoms with E-state index in [4.69, 9.17) is 0 Å². The fourth-order valence-corrected chi connectivity index (χ4v) is 3.55. The third-order valence-corrected chi connectivity index (χ3v) is 4.80. The van der Waals surface area contributed by atoms with E-state index in [1.165, 1.54) is 28.6 Å². The molecule has 0 unspecified atom stereocenters. The number of sulfonamides is 1. The van der Waals surface area contributed by atoms with Crippen molar-refractivity contribution in [2.45, 2.75) is 12.2 Å². The summed E-state index contributed by atoms with van der Waals surface area (Å²) in [6.45, 7) is 2.59. The molecule has 0 bridgehead atoms. The maximum Gasteiger partial charge on any atom is 0.218 e. The second-order valence-electron chi connectivity index (χ2n) is 4.39. The van der Waals surface area contributed by atoms with Gasteiger partial charge in [0.05, 0.1) is 5.75 Å². The summed E-state index contributed by atoms with van der Waals surface area (Å²) in [7, 11) is -3.30. The van der Waals surface area contributed by atoms with E-state index in [1.54, 1.807) is 0 Å². The maximum absolute atomic E-state index is 12.8. The Morgan fingerprint density at radius 2 is 1.84 bits per heavy atom. The molecule has 1 heterocycles. The first kappa shape index (κ1) is 16.4. The SMILES string of the molecule is Cl.O=S(=O)(Cc1ccc(F)cc1)N1CCCNCC1. The van der Waals surface area contributed by atoms with Crippen LogP contribution in [0.1, 0.15) is 12.0 Å². The third kappa shape index (κ3) is 4.72. The lowest BCUT2D eigenvalue weighted by atomic mass is 10.2. The molecule has 4 nitrogen and oxygen atoms in total. The first-order chi connectivity index (χ1) is 8.58. The van der Waals surface area contributed by atoms with Gasteiger partial charge in [0.1, 0.15) is 5.82 Å². The quantitative estimate of drug-likeness (QED) is 0.917. The van der Waals surface area contributed by atoms with E-state index >= 15 is 0 Å². The van der Waals surface area contributed by atoms with Gasteiger partial charge in [0.2, 0.25) is 10.0 Å². The second-order valence-corrected chi connectivity index (χ2v) is 6.35. The number of hydrogen-bond donors (Lipinski definition) is 1. The van der Waals surface area contributed by atoms with Crippen molar-refractivity contribution in [1.29, 1.82) is 0 Å². The van der Waals surface area contributed by atoms with E-state index in [0.29, 0.717) is 25.2 Å². The van der Waals surface area contributed by atoms with Gasteiger partial charge in [0, 0.05) is 19.6 Å². The third-order valence-electron chi connectivity index (χ3n) is 2.95. The van der Waals surface area contributed by atoms with Crippen LogP contribution in [0.5, 0.6) is 0 Å². The number of nitrogens with one attached hydrogen (secondary N) is 1. The fourth-order valence-electron chi connectivity index (χ4n) is 1.98. The summed E-state index contributed by atoms with van der Waals surface area (Å²) in [6, 6.07) is 5.61. The molecule has 19 heavy (non-hydrogen) atoms. The molecule has 0 amide bonds. The van der Waals surface area contributed by atoms with Gasteiger partial charge in [-0.1, -0.05) is 12.1 Å². The minimum Gasteiger partial charge on any atom is -0.315 e. The van der Waals surface area contributed by atoms with Crippen LogP contribution < -0.4 is 5.32 Å².